The summed E-state index contributed by atoms with van der Waals surface area (Å²) in [5.74, 6) is -0.364. The van der Waals surface area contributed by atoms with Crippen molar-refractivity contribution < 1.29 is 18.1 Å². The number of hydrogen-bond acceptors (Lipinski definition) is 7. The highest BCUT2D eigenvalue weighted by Gasteiger charge is 2.18. The summed E-state index contributed by atoms with van der Waals surface area (Å²) < 4.78 is 25.0. The van der Waals surface area contributed by atoms with E-state index in [1.807, 2.05) is 19.1 Å². The van der Waals surface area contributed by atoms with Crippen LogP contribution in [-0.4, -0.2) is 48.0 Å². The van der Waals surface area contributed by atoms with Gasteiger partial charge in [0.1, 0.15) is 17.0 Å². The first-order valence-corrected chi connectivity index (χ1v) is 10.5. The van der Waals surface area contributed by atoms with Gasteiger partial charge in [-0.05, 0) is 31.2 Å². The monoisotopic (exact) mass is 417 g/mol. The molecule has 0 aliphatic heterocycles. The normalized spacial score (nSPS) is 11.4. The molecule has 0 bridgehead atoms. The molecule has 0 saturated heterocycles. The van der Waals surface area contributed by atoms with E-state index in [-0.39, 0.29) is 41.0 Å². The average Bonchev–Trinajstić information content (AvgIpc) is 3.10. The summed E-state index contributed by atoms with van der Waals surface area (Å²) in [4.78, 5) is 27.0. The number of nitrogens with one attached hydrogen (secondary N) is 2. The molecular formula is C18H19N5O5S. The van der Waals surface area contributed by atoms with Gasteiger partial charge in [-0.1, -0.05) is 6.07 Å². The van der Waals surface area contributed by atoms with Gasteiger partial charge in [-0.3, -0.25) is 14.9 Å². The fourth-order valence-electron chi connectivity index (χ4n) is 2.76. The third-order valence-corrected chi connectivity index (χ3v) is 5.36. The number of nitro groups is 1. The number of nitrogens with zero attached hydrogens (tertiary/aromatic N) is 3. The van der Waals surface area contributed by atoms with Crippen LogP contribution in [0.2, 0.25) is 0 Å². The Morgan fingerprint density at radius 3 is 2.66 bits per heavy atom. The van der Waals surface area contributed by atoms with Crippen molar-refractivity contribution in [1.29, 1.82) is 0 Å². The van der Waals surface area contributed by atoms with Crippen molar-refractivity contribution in [2.24, 2.45) is 0 Å². The van der Waals surface area contributed by atoms with Crippen LogP contribution in [0.1, 0.15) is 16.2 Å². The van der Waals surface area contributed by atoms with Gasteiger partial charge in [0.15, 0.2) is 9.84 Å². The summed E-state index contributed by atoms with van der Waals surface area (Å²) in [6.45, 7) is 2.30. The molecule has 0 saturated carbocycles. The number of rotatable bonds is 7. The minimum atomic E-state index is -3.56. The van der Waals surface area contributed by atoms with E-state index in [2.05, 4.69) is 15.6 Å². The molecule has 1 aromatic carbocycles. The van der Waals surface area contributed by atoms with E-state index in [9.17, 15) is 23.3 Å². The first kappa shape index (κ1) is 20.3. The van der Waals surface area contributed by atoms with Crippen molar-refractivity contribution in [2.75, 3.05) is 24.7 Å². The Morgan fingerprint density at radius 1 is 1.24 bits per heavy atom. The predicted octanol–water partition coefficient (Wildman–Crippen LogP) is 1.80. The molecule has 152 valence electrons. The quantitative estimate of drug-likeness (QED) is 0.340. The van der Waals surface area contributed by atoms with Crippen LogP contribution in [0.25, 0.3) is 5.65 Å². The maximum absolute atomic E-state index is 12.3. The number of anilines is 1. The van der Waals surface area contributed by atoms with E-state index < -0.39 is 14.8 Å². The number of carbonyl (C=O) groups is 1. The van der Waals surface area contributed by atoms with Crippen molar-refractivity contribution in [1.82, 2.24) is 14.7 Å². The summed E-state index contributed by atoms with van der Waals surface area (Å²) in [7, 11) is -3.56. The Hall–Kier alpha value is -3.47. The first-order chi connectivity index (χ1) is 13.7. The number of pyridine rings is 1. The van der Waals surface area contributed by atoms with E-state index in [1.165, 1.54) is 12.1 Å². The third-order valence-electron chi connectivity index (χ3n) is 4.25. The number of amides is 1. The molecule has 0 spiro atoms. The summed E-state index contributed by atoms with van der Waals surface area (Å²) in [6, 6.07) is 9.19. The number of fused-ring (bicyclic) bond motifs is 1. The Balaban J connectivity index is 1.63. The molecule has 0 aliphatic carbocycles. The molecule has 0 atom stereocenters. The second-order valence-corrected chi connectivity index (χ2v) is 8.43. The molecule has 11 heteroatoms. The summed E-state index contributed by atoms with van der Waals surface area (Å²) in [5, 5.41) is 16.8. The van der Waals surface area contributed by atoms with E-state index in [0.717, 1.165) is 18.0 Å². The number of aromatic nitrogens is 2. The first-order valence-electron chi connectivity index (χ1n) is 8.62. The van der Waals surface area contributed by atoms with Crippen molar-refractivity contribution in [2.45, 2.75) is 11.8 Å². The number of carbonyl (C=O) groups excluding carboxylic acids is 1. The maximum atomic E-state index is 12.3. The van der Waals surface area contributed by atoms with E-state index in [0.29, 0.717) is 5.65 Å². The molecule has 0 aliphatic rings. The van der Waals surface area contributed by atoms with Crippen LogP contribution in [0, 0.1) is 17.0 Å². The van der Waals surface area contributed by atoms with E-state index in [4.69, 9.17) is 0 Å². The highest BCUT2D eigenvalue weighted by atomic mass is 32.2. The maximum Gasteiger partial charge on any atom is 0.293 e. The minimum Gasteiger partial charge on any atom is -0.378 e. The second kappa shape index (κ2) is 7.87. The van der Waals surface area contributed by atoms with Gasteiger partial charge >= 0.3 is 0 Å². The molecule has 3 aromatic rings. The summed E-state index contributed by atoms with van der Waals surface area (Å²) >= 11 is 0. The fraction of sp³-hybridized carbons (Fsp3) is 0.222. The largest absolute Gasteiger partial charge is 0.378 e. The predicted molar refractivity (Wildman–Crippen MR) is 107 cm³/mol. The summed E-state index contributed by atoms with van der Waals surface area (Å²) in [6.07, 6.45) is 2.62. The lowest BCUT2D eigenvalue weighted by molar-refractivity contribution is -0.384. The Bertz CT molecular complexity index is 1200. The molecule has 3 rings (SSSR count). The van der Waals surface area contributed by atoms with Gasteiger partial charge in [-0.15, -0.1) is 0 Å². The lowest BCUT2D eigenvalue weighted by Gasteiger charge is -2.09. The van der Waals surface area contributed by atoms with Gasteiger partial charge in [0.25, 0.3) is 11.6 Å². The fourth-order valence-corrected chi connectivity index (χ4v) is 3.41. The zero-order valence-corrected chi connectivity index (χ0v) is 16.6. The van der Waals surface area contributed by atoms with Crippen LogP contribution < -0.4 is 10.6 Å². The van der Waals surface area contributed by atoms with Gasteiger partial charge in [0.2, 0.25) is 0 Å². The molecule has 0 fully saturated rings. The molecule has 2 heterocycles. The molecule has 10 nitrogen and oxygen atoms in total. The van der Waals surface area contributed by atoms with Crippen LogP contribution in [0.15, 0.2) is 47.5 Å². The standard InChI is InChI=1S/C18H19N5O5S/c1-12-4-3-5-17-21-15(11-22(12)17)18(24)20-9-8-19-14-7-6-13(29(2,27)28)10-16(14)23(25)26/h3-7,10-11,19H,8-9H2,1-2H3,(H,20,24). The SMILES string of the molecule is Cc1cccc2nc(C(=O)NCCNc3ccc(S(C)(=O)=O)cc3[N+](=O)[O-])cn12. The Labute approximate surface area is 166 Å². The molecule has 2 N–H and O–H groups in total. The van der Waals surface area contributed by atoms with Crippen LogP contribution in [0.3, 0.4) is 0 Å². The lowest BCUT2D eigenvalue weighted by atomic mass is 10.2. The van der Waals surface area contributed by atoms with Crippen molar-refractivity contribution in [3.63, 3.8) is 0 Å². The molecule has 0 unspecified atom stereocenters. The minimum absolute atomic E-state index is 0.134. The van der Waals surface area contributed by atoms with Gasteiger partial charge in [0, 0.05) is 37.3 Å². The number of nitro benzene ring substituents is 1. The van der Waals surface area contributed by atoms with Gasteiger partial charge < -0.3 is 15.0 Å². The molecule has 29 heavy (non-hydrogen) atoms. The van der Waals surface area contributed by atoms with Crippen LogP contribution in [0.4, 0.5) is 11.4 Å². The van der Waals surface area contributed by atoms with Crippen molar-refractivity contribution in [3.8, 4) is 0 Å². The van der Waals surface area contributed by atoms with Crippen LogP contribution in [0.5, 0.6) is 0 Å². The van der Waals surface area contributed by atoms with Crippen LogP contribution in [-0.2, 0) is 9.84 Å². The molecule has 1 amide bonds. The average molecular weight is 417 g/mol. The smallest absolute Gasteiger partial charge is 0.293 e. The van der Waals surface area contributed by atoms with Crippen molar-refractivity contribution in [3.05, 3.63) is 64.1 Å². The van der Waals surface area contributed by atoms with E-state index in [1.54, 1.807) is 16.7 Å². The zero-order chi connectivity index (χ0) is 21.2. The van der Waals surface area contributed by atoms with Gasteiger partial charge in [0.05, 0.1) is 9.82 Å². The molecule has 0 radical (unpaired) electrons. The highest BCUT2D eigenvalue weighted by molar-refractivity contribution is 7.90. The molecular weight excluding hydrogens is 398 g/mol. The van der Waals surface area contributed by atoms with E-state index >= 15 is 0 Å². The summed E-state index contributed by atoms with van der Waals surface area (Å²) in [5.41, 5.74) is 1.69. The number of aryl methyl sites for hydroxylation is 1. The van der Waals surface area contributed by atoms with Gasteiger partial charge in [-0.25, -0.2) is 13.4 Å². The number of imidazole rings is 1. The Kier molecular flexibility index (Phi) is 5.50. The second-order valence-electron chi connectivity index (χ2n) is 6.41. The molecule has 2 aromatic heterocycles. The zero-order valence-electron chi connectivity index (χ0n) is 15.7. The topological polar surface area (TPSA) is 136 Å². The number of sulfone groups is 1. The lowest BCUT2D eigenvalue weighted by Crippen LogP contribution is -2.29. The van der Waals surface area contributed by atoms with Gasteiger partial charge in [-0.2, -0.15) is 0 Å². The Morgan fingerprint density at radius 2 is 2.00 bits per heavy atom. The number of hydrogen-bond donors (Lipinski definition) is 2. The highest BCUT2D eigenvalue weighted by Crippen LogP contribution is 2.27. The third kappa shape index (κ3) is 4.51. The van der Waals surface area contributed by atoms with Crippen molar-refractivity contribution >= 4 is 32.8 Å². The number of benzene rings is 1. The van der Waals surface area contributed by atoms with Crippen LogP contribution >= 0.6 is 0 Å².